The normalized spacial score (nSPS) is 16.9. The molecule has 2 aromatic carbocycles. The van der Waals surface area contributed by atoms with Gasteiger partial charge in [-0.25, -0.2) is 13.2 Å². The number of nitrogens with one attached hydrogen (secondary N) is 1. The zero-order chi connectivity index (χ0) is 23.3. The number of ether oxygens (including phenoxy) is 2. The Labute approximate surface area is 192 Å². The van der Waals surface area contributed by atoms with Crippen molar-refractivity contribution in [2.45, 2.75) is 24.7 Å². The number of piperidine rings is 1. The summed E-state index contributed by atoms with van der Waals surface area (Å²) in [5, 5.41) is 2.94. The quantitative estimate of drug-likeness (QED) is 0.608. The van der Waals surface area contributed by atoms with Crippen LogP contribution in [-0.2, 0) is 19.6 Å². The van der Waals surface area contributed by atoms with Gasteiger partial charge in [0.1, 0.15) is 5.75 Å². The summed E-state index contributed by atoms with van der Waals surface area (Å²) in [6, 6.07) is 10.6. The zero-order valence-corrected chi connectivity index (χ0v) is 19.4. The molecule has 0 aliphatic carbocycles. The lowest BCUT2D eigenvalue weighted by atomic mass is 9.98. The summed E-state index contributed by atoms with van der Waals surface area (Å²) in [6.07, 6.45) is 1.11. The van der Waals surface area contributed by atoms with E-state index in [9.17, 15) is 18.0 Å². The van der Waals surface area contributed by atoms with Gasteiger partial charge < -0.3 is 14.8 Å². The summed E-state index contributed by atoms with van der Waals surface area (Å²) < 4.78 is 37.4. The van der Waals surface area contributed by atoms with E-state index in [2.05, 4.69) is 5.32 Å². The van der Waals surface area contributed by atoms with E-state index in [-0.39, 0.29) is 34.5 Å². The third-order valence-electron chi connectivity index (χ3n) is 5.19. The van der Waals surface area contributed by atoms with Crippen molar-refractivity contribution in [2.75, 3.05) is 32.1 Å². The Morgan fingerprint density at radius 2 is 1.91 bits per heavy atom. The van der Waals surface area contributed by atoms with Crippen molar-refractivity contribution in [3.8, 4) is 5.75 Å². The number of halogens is 1. The second-order valence-electron chi connectivity index (χ2n) is 7.28. The molecular weight excluding hydrogens is 456 g/mol. The molecular formula is C22H25ClN2O6S. The van der Waals surface area contributed by atoms with Gasteiger partial charge in [-0.1, -0.05) is 11.6 Å². The highest BCUT2D eigenvalue weighted by molar-refractivity contribution is 7.89. The molecule has 1 N–H and O–H groups in total. The molecule has 8 nitrogen and oxygen atoms in total. The van der Waals surface area contributed by atoms with Gasteiger partial charge in [-0.3, -0.25) is 4.79 Å². The van der Waals surface area contributed by atoms with Crippen molar-refractivity contribution < 1.29 is 27.5 Å². The van der Waals surface area contributed by atoms with Crippen LogP contribution in [0.25, 0.3) is 0 Å². The van der Waals surface area contributed by atoms with Crippen LogP contribution in [0.15, 0.2) is 47.4 Å². The number of esters is 1. The second-order valence-corrected chi connectivity index (χ2v) is 9.63. The second kappa shape index (κ2) is 10.3. The average Bonchev–Trinajstić information content (AvgIpc) is 2.80. The SMILES string of the molecule is CCOC(=O)c1ccc(NC(=O)C2CCCN(S(=O)(=O)c3ccc(OC)cc3)C2)c(Cl)c1. The first-order valence-electron chi connectivity index (χ1n) is 10.2. The number of carbonyl (C=O) groups is 2. The predicted octanol–water partition coefficient (Wildman–Crippen LogP) is 3.56. The number of anilines is 1. The Balaban J connectivity index is 1.69. The number of hydrogen-bond acceptors (Lipinski definition) is 6. The number of benzene rings is 2. The van der Waals surface area contributed by atoms with Gasteiger partial charge in [-0.2, -0.15) is 4.31 Å². The molecule has 0 aromatic heterocycles. The minimum Gasteiger partial charge on any atom is -0.497 e. The summed E-state index contributed by atoms with van der Waals surface area (Å²) in [6.45, 7) is 2.36. The van der Waals surface area contributed by atoms with Crippen molar-refractivity contribution in [3.05, 3.63) is 53.1 Å². The molecule has 32 heavy (non-hydrogen) atoms. The fraction of sp³-hybridized carbons (Fsp3) is 0.364. The van der Waals surface area contributed by atoms with Crippen molar-refractivity contribution in [1.82, 2.24) is 4.31 Å². The van der Waals surface area contributed by atoms with Gasteiger partial charge in [-0.15, -0.1) is 0 Å². The van der Waals surface area contributed by atoms with Crippen LogP contribution in [0.2, 0.25) is 5.02 Å². The first kappa shape index (κ1) is 24.0. The van der Waals surface area contributed by atoms with Gasteiger partial charge >= 0.3 is 5.97 Å². The van der Waals surface area contributed by atoms with Gasteiger partial charge in [0, 0.05) is 13.1 Å². The van der Waals surface area contributed by atoms with Crippen LogP contribution in [0.5, 0.6) is 5.75 Å². The smallest absolute Gasteiger partial charge is 0.338 e. The highest BCUT2D eigenvalue weighted by Crippen LogP contribution is 2.28. The van der Waals surface area contributed by atoms with E-state index in [0.29, 0.717) is 30.8 Å². The lowest BCUT2D eigenvalue weighted by Crippen LogP contribution is -2.43. The average molecular weight is 481 g/mol. The molecule has 1 fully saturated rings. The monoisotopic (exact) mass is 480 g/mol. The first-order chi connectivity index (χ1) is 15.3. The van der Waals surface area contributed by atoms with Crippen LogP contribution in [0.3, 0.4) is 0 Å². The number of methoxy groups -OCH3 is 1. The van der Waals surface area contributed by atoms with Crippen LogP contribution in [0.1, 0.15) is 30.1 Å². The van der Waals surface area contributed by atoms with Crippen LogP contribution < -0.4 is 10.1 Å². The maximum atomic E-state index is 13.0. The lowest BCUT2D eigenvalue weighted by Gasteiger charge is -2.31. The van der Waals surface area contributed by atoms with E-state index >= 15 is 0 Å². The fourth-order valence-electron chi connectivity index (χ4n) is 3.46. The Morgan fingerprint density at radius 3 is 2.53 bits per heavy atom. The Kier molecular flexibility index (Phi) is 7.76. The molecule has 10 heteroatoms. The van der Waals surface area contributed by atoms with Crippen molar-refractivity contribution in [1.29, 1.82) is 0 Å². The predicted molar refractivity (Wildman–Crippen MR) is 121 cm³/mol. The summed E-state index contributed by atoms with van der Waals surface area (Å²) in [5.41, 5.74) is 0.629. The largest absolute Gasteiger partial charge is 0.497 e. The number of amides is 1. The molecule has 1 aliphatic heterocycles. The van der Waals surface area contributed by atoms with Gasteiger partial charge in [-0.05, 0) is 62.2 Å². The van der Waals surface area contributed by atoms with E-state index in [1.165, 1.54) is 41.7 Å². The Hall–Kier alpha value is -2.62. The summed E-state index contributed by atoms with van der Waals surface area (Å²) >= 11 is 6.22. The fourth-order valence-corrected chi connectivity index (χ4v) is 5.22. The highest BCUT2D eigenvalue weighted by Gasteiger charge is 2.33. The zero-order valence-electron chi connectivity index (χ0n) is 17.8. The number of sulfonamides is 1. The summed E-state index contributed by atoms with van der Waals surface area (Å²) in [4.78, 5) is 24.8. The molecule has 1 amide bonds. The maximum absolute atomic E-state index is 13.0. The minimum absolute atomic E-state index is 0.0682. The molecule has 1 heterocycles. The third kappa shape index (κ3) is 5.40. The Morgan fingerprint density at radius 1 is 1.19 bits per heavy atom. The molecule has 2 aromatic rings. The van der Waals surface area contributed by atoms with Crippen LogP contribution in [-0.4, -0.2) is 51.4 Å². The van der Waals surface area contributed by atoms with Gasteiger partial charge in [0.05, 0.1) is 40.8 Å². The first-order valence-corrected chi connectivity index (χ1v) is 12.0. The minimum atomic E-state index is -3.73. The number of nitrogens with zero attached hydrogens (tertiary/aromatic N) is 1. The van der Waals surface area contributed by atoms with Crippen LogP contribution in [0.4, 0.5) is 5.69 Å². The highest BCUT2D eigenvalue weighted by atomic mass is 35.5. The van der Waals surface area contributed by atoms with E-state index in [4.69, 9.17) is 21.1 Å². The summed E-state index contributed by atoms with van der Waals surface area (Å²) in [7, 11) is -2.23. The molecule has 1 saturated heterocycles. The molecule has 0 spiro atoms. The summed E-state index contributed by atoms with van der Waals surface area (Å²) in [5.74, 6) is -0.798. The van der Waals surface area contributed by atoms with E-state index in [1.54, 1.807) is 19.1 Å². The standard InChI is InChI=1S/C22H25ClN2O6S/c1-3-31-22(27)15-6-11-20(19(23)13-15)24-21(26)16-5-4-12-25(14-16)32(28,29)18-9-7-17(30-2)8-10-18/h6-11,13,16H,3-5,12,14H2,1-2H3,(H,24,26). The van der Waals surface area contributed by atoms with Crippen LogP contribution in [0, 0.1) is 5.92 Å². The van der Waals surface area contributed by atoms with Crippen molar-refractivity contribution in [3.63, 3.8) is 0 Å². The van der Waals surface area contributed by atoms with Gasteiger partial charge in [0.2, 0.25) is 15.9 Å². The van der Waals surface area contributed by atoms with Crippen LogP contribution >= 0.6 is 11.6 Å². The Bertz CT molecular complexity index is 1090. The number of hydrogen-bond donors (Lipinski definition) is 1. The molecule has 1 aliphatic rings. The molecule has 0 bridgehead atoms. The molecule has 172 valence electrons. The van der Waals surface area contributed by atoms with Gasteiger partial charge in [0.15, 0.2) is 0 Å². The molecule has 0 saturated carbocycles. The molecule has 3 rings (SSSR count). The molecule has 1 atom stereocenters. The van der Waals surface area contributed by atoms with E-state index in [0.717, 1.165) is 0 Å². The van der Waals surface area contributed by atoms with E-state index in [1.807, 2.05) is 0 Å². The topological polar surface area (TPSA) is 102 Å². The third-order valence-corrected chi connectivity index (χ3v) is 7.38. The number of carbonyl (C=O) groups excluding carboxylic acids is 2. The maximum Gasteiger partial charge on any atom is 0.338 e. The van der Waals surface area contributed by atoms with Crippen molar-refractivity contribution >= 4 is 39.2 Å². The lowest BCUT2D eigenvalue weighted by molar-refractivity contribution is -0.120. The van der Waals surface area contributed by atoms with E-state index < -0.39 is 21.9 Å². The molecule has 0 radical (unpaired) electrons. The van der Waals surface area contributed by atoms with Crippen molar-refractivity contribution in [2.24, 2.45) is 5.92 Å². The van der Waals surface area contributed by atoms with Gasteiger partial charge in [0.25, 0.3) is 0 Å². The number of rotatable bonds is 7. The molecule has 1 unspecified atom stereocenters.